The van der Waals surface area contributed by atoms with Gasteiger partial charge in [-0.3, -0.25) is 0 Å². The van der Waals surface area contributed by atoms with Gasteiger partial charge in [0.15, 0.2) is 0 Å². The van der Waals surface area contributed by atoms with Gasteiger partial charge in [-0.05, 0) is 186 Å². The molecular weight excluding hydrogens is 1090 g/mol. The third kappa shape index (κ3) is 19.5. The van der Waals surface area contributed by atoms with Crippen molar-refractivity contribution in [2.75, 3.05) is 0 Å². The molecule has 7 aliphatic carbocycles. The molecule has 0 heterocycles. The maximum atomic E-state index is 2.50. The summed E-state index contributed by atoms with van der Waals surface area (Å²) in [7, 11) is 0. The minimum atomic E-state index is 0. The smallest absolute Gasteiger partial charge is 0.358 e. The summed E-state index contributed by atoms with van der Waals surface area (Å²) in [5, 5.41) is 0. The van der Waals surface area contributed by atoms with Crippen molar-refractivity contribution in [3.05, 3.63) is 137 Å². The van der Waals surface area contributed by atoms with Gasteiger partial charge in [-0.1, -0.05) is 190 Å². The fourth-order valence-corrected chi connectivity index (χ4v) is 14.8. The Balaban J connectivity index is -0.000000194. The minimum Gasteiger partial charge on any atom is -0.358 e. The Morgan fingerprint density at radius 1 is 0.500 bits per heavy atom. The molecule has 0 saturated heterocycles. The summed E-state index contributed by atoms with van der Waals surface area (Å²) in [4.78, 5) is 0. The van der Waals surface area contributed by atoms with E-state index in [1.54, 1.807) is 50.5 Å². The molecule has 6 fully saturated rings. The number of fused-ring (bicyclic) bond motifs is 5. The summed E-state index contributed by atoms with van der Waals surface area (Å²) in [6, 6.07) is 20.0. The van der Waals surface area contributed by atoms with Crippen LogP contribution in [0.1, 0.15) is 204 Å². The Bertz CT molecular complexity index is 1490. The first-order chi connectivity index (χ1) is 28.0. The molecule has 0 amide bonds. The number of benzene rings is 2. The van der Waals surface area contributed by atoms with E-state index in [4.69, 9.17) is 0 Å². The Hall–Kier alpha value is -0.0668. The van der Waals surface area contributed by atoms with Gasteiger partial charge in [0, 0.05) is 0 Å². The first-order valence-electron chi connectivity index (χ1n) is 25.8. The van der Waals surface area contributed by atoms with Crippen molar-refractivity contribution in [2.45, 2.75) is 187 Å². The molecule has 402 valence electrons. The van der Waals surface area contributed by atoms with Crippen LogP contribution in [0.15, 0.2) is 60.7 Å². The molecular formula is C68H122HfZr. The van der Waals surface area contributed by atoms with Gasteiger partial charge in [0.2, 0.25) is 0 Å². The van der Waals surface area contributed by atoms with E-state index in [9.17, 15) is 0 Å². The van der Waals surface area contributed by atoms with Crippen molar-refractivity contribution in [3.63, 3.8) is 0 Å². The molecule has 0 radical (unpaired) electrons. The van der Waals surface area contributed by atoms with Crippen LogP contribution in [0, 0.1) is 165 Å². The largest absolute Gasteiger partial charge is 4.00 e. The van der Waals surface area contributed by atoms with Crippen molar-refractivity contribution in [2.24, 2.45) is 106 Å². The second-order valence-corrected chi connectivity index (χ2v) is 24.1. The first kappa shape index (κ1) is 81.3. The van der Waals surface area contributed by atoms with Crippen LogP contribution in [0.5, 0.6) is 0 Å². The normalized spacial score (nSPS) is 35.5. The molecule has 2 aromatic carbocycles. The van der Waals surface area contributed by atoms with E-state index in [0.29, 0.717) is 11.3 Å². The van der Waals surface area contributed by atoms with Gasteiger partial charge in [0.1, 0.15) is 0 Å². The van der Waals surface area contributed by atoms with E-state index in [1.165, 1.54) is 36.8 Å². The van der Waals surface area contributed by atoms with E-state index in [1.807, 2.05) is 0 Å². The van der Waals surface area contributed by atoms with Crippen LogP contribution in [0.2, 0.25) is 0 Å². The predicted molar refractivity (Wildman–Crippen MR) is 317 cm³/mol. The van der Waals surface area contributed by atoms with E-state index < -0.39 is 0 Å². The van der Waals surface area contributed by atoms with Gasteiger partial charge >= 0.3 is 52.0 Å². The van der Waals surface area contributed by atoms with Crippen LogP contribution in [0.25, 0.3) is 6.08 Å². The predicted octanol–water partition coefficient (Wildman–Crippen LogP) is 21.9. The van der Waals surface area contributed by atoms with Gasteiger partial charge in [0.05, 0.1) is 0 Å². The first-order valence-corrected chi connectivity index (χ1v) is 25.8. The second kappa shape index (κ2) is 36.1. The van der Waals surface area contributed by atoms with Crippen molar-refractivity contribution >= 4 is 6.08 Å². The van der Waals surface area contributed by atoms with Gasteiger partial charge in [0.25, 0.3) is 0 Å². The molecule has 9 unspecified atom stereocenters. The topological polar surface area (TPSA) is 0 Å². The Morgan fingerprint density at radius 3 is 1.37 bits per heavy atom. The summed E-state index contributed by atoms with van der Waals surface area (Å²) in [5.41, 5.74) is 5.07. The SMILES string of the molecule is C.CC(C)(C)CC1CCC2CC3CCCC3CC21.CC(CC1CCC2c3ccccc3C=CC12)c1ccccc1.CC1C(C)C(C)C(C)C1C.CC1C(C)C(C)C(C)C1C.[CH3-].[CH3-].[CH3-].[CH3-].[CH3-].[CH3-].[CH3-].[CH3-].[Hf+4].[Zr+4]. The molecule has 0 aromatic heterocycles. The molecule has 2 aromatic rings. The zero-order valence-electron chi connectivity index (χ0n) is 50.1. The van der Waals surface area contributed by atoms with Crippen molar-refractivity contribution < 1.29 is 52.0 Å². The molecule has 0 bridgehead atoms. The maximum absolute atomic E-state index is 2.50. The summed E-state index contributed by atoms with van der Waals surface area (Å²) in [6.45, 7) is 33.7. The van der Waals surface area contributed by atoms with Crippen molar-refractivity contribution in [1.82, 2.24) is 0 Å². The molecule has 0 spiro atoms. The van der Waals surface area contributed by atoms with Crippen LogP contribution in [-0.2, 0) is 52.0 Å². The molecule has 9 atom stereocenters. The average molecular weight is 1210 g/mol. The van der Waals surface area contributed by atoms with Gasteiger partial charge in [-0.25, -0.2) is 0 Å². The van der Waals surface area contributed by atoms with Gasteiger partial charge in [-0.2, -0.15) is 0 Å². The Labute approximate surface area is 483 Å². The molecule has 0 aliphatic heterocycles. The second-order valence-electron chi connectivity index (χ2n) is 24.1. The third-order valence-electron chi connectivity index (χ3n) is 20.1. The quantitative estimate of drug-likeness (QED) is 0.211. The third-order valence-corrected chi connectivity index (χ3v) is 20.1. The van der Waals surface area contributed by atoms with Crippen molar-refractivity contribution in [3.8, 4) is 0 Å². The number of allylic oxidation sites excluding steroid dienone is 1. The van der Waals surface area contributed by atoms with E-state index >= 15 is 0 Å². The zero-order chi connectivity index (χ0) is 42.8. The summed E-state index contributed by atoms with van der Waals surface area (Å²) >= 11 is 0. The summed E-state index contributed by atoms with van der Waals surface area (Å²) < 4.78 is 0. The maximum Gasteiger partial charge on any atom is 4.00 e. The molecule has 9 rings (SSSR count). The van der Waals surface area contributed by atoms with Crippen molar-refractivity contribution in [1.29, 1.82) is 0 Å². The van der Waals surface area contributed by atoms with Crippen LogP contribution < -0.4 is 0 Å². The van der Waals surface area contributed by atoms with E-state index in [2.05, 4.69) is 164 Å². The van der Waals surface area contributed by atoms with E-state index in [-0.39, 0.29) is 119 Å². The zero-order valence-corrected chi connectivity index (χ0v) is 56.1. The molecule has 0 N–H and O–H groups in total. The Morgan fingerprint density at radius 2 is 0.914 bits per heavy atom. The van der Waals surface area contributed by atoms with E-state index in [0.717, 1.165) is 107 Å². The van der Waals surface area contributed by atoms with Crippen LogP contribution in [-0.4, -0.2) is 0 Å². The Kier molecular flexibility index (Phi) is 41.9. The summed E-state index contributed by atoms with van der Waals surface area (Å²) in [6.07, 6.45) is 21.4. The summed E-state index contributed by atoms with van der Waals surface area (Å²) in [5.74, 6) is 18.0. The molecule has 0 nitrogen and oxygen atoms in total. The fourth-order valence-electron chi connectivity index (χ4n) is 14.8. The van der Waals surface area contributed by atoms with Gasteiger partial charge in [-0.15, -0.1) is 0 Å². The molecule has 70 heavy (non-hydrogen) atoms. The minimum absolute atomic E-state index is 0. The van der Waals surface area contributed by atoms with Crippen LogP contribution in [0.3, 0.4) is 0 Å². The number of hydrogen-bond acceptors (Lipinski definition) is 0. The average Bonchev–Trinajstić information content (AvgIpc) is 4.03. The standard InChI is InChI=1S/C22H24.C17H30.2C10H20.CH4.8CH3.Hf.Zr/c1-16(17-7-3-2-4-8-17)15-19-12-14-22-20-10-6-5-9-18(20)11-13-21(19)22;1-17(2,3)11-15-8-7-14-9-12-5-4-6-13(12)10-16(14)15;2*1-6-7(2)9(4)10(5)8(6)3;;;;;;;;;;;/h2-11,13,16,19,21-22H,12,14-15H2,1H3;12-16H,4-11H2,1-3H3;2*6-10H,1-5H3;1H4;8*1H3;;/q;;;;;8*-1;2*+4. The molecule has 2 heteroatoms. The molecule has 7 aliphatic rings. The fraction of sp³-hybridized carbons (Fsp3) is 0.676. The van der Waals surface area contributed by atoms with Gasteiger partial charge < -0.3 is 59.4 Å². The monoisotopic (exact) mass is 1210 g/mol. The molecule has 6 saturated carbocycles. The van der Waals surface area contributed by atoms with Crippen LogP contribution in [0.4, 0.5) is 0 Å². The van der Waals surface area contributed by atoms with Crippen LogP contribution >= 0.6 is 0 Å². The number of rotatable bonds is 4. The number of hydrogen-bond donors (Lipinski definition) is 0.